The molecule has 1 amide bonds. The van der Waals surface area contributed by atoms with Gasteiger partial charge in [-0.2, -0.15) is 0 Å². The third-order valence-electron chi connectivity index (χ3n) is 3.76. The van der Waals surface area contributed by atoms with E-state index < -0.39 is 0 Å². The standard InChI is InChI=1S/C16H15BrN2O/c1-9-12(3-2-4-13(9)17)16(18)10-5-6-14-11(7-10)8-15(20)19-14/h2-7,16H,8,18H2,1H3,(H,19,20). The van der Waals surface area contributed by atoms with Gasteiger partial charge >= 0.3 is 0 Å². The van der Waals surface area contributed by atoms with E-state index in [0.29, 0.717) is 6.42 Å². The lowest BCUT2D eigenvalue weighted by molar-refractivity contribution is -0.115. The minimum Gasteiger partial charge on any atom is -0.326 e. The summed E-state index contributed by atoms with van der Waals surface area (Å²) in [5.41, 5.74) is 11.6. The Bertz CT molecular complexity index is 697. The van der Waals surface area contributed by atoms with Crippen molar-refractivity contribution < 1.29 is 4.79 Å². The van der Waals surface area contributed by atoms with E-state index in [0.717, 1.165) is 32.4 Å². The average molecular weight is 331 g/mol. The average Bonchev–Trinajstić information content (AvgIpc) is 2.80. The van der Waals surface area contributed by atoms with Crippen LogP contribution in [0.1, 0.15) is 28.3 Å². The molecular formula is C16H15BrN2O. The number of nitrogens with two attached hydrogens (primary N) is 1. The van der Waals surface area contributed by atoms with Crippen LogP contribution in [0.4, 0.5) is 5.69 Å². The molecule has 3 rings (SSSR count). The van der Waals surface area contributed by atoms with E-state index >= 15 is 0 Å². The van der Waals surface area contributed by atoms with Crippen LogP contribution >= 0.6 is 15.9 Å². The van der Waals surface area contributed by atoms with Gasteiger partial charge in [0.1, 0.15) is 0 Å². The van der Waals surface area contributed by atoms with Gasteiger partial charge in [-0.05, 0) is 41.3 Å². The number of anilines is 1. The third-order valence-corrected chi connectivity index (χ3v) is 4.62. The van der Waals surface area contributed by atoms with Gasteiger partial charge in [0.05, 0.1) is 12.5 Å². The summed E-state index contributed by atoms with van der Waals surface area (Å²) in [4.78, 5) is 11.4. The highest BCUT2D eigenvalue weighted by Crippen LogP contribution is 2.31. The van der Waals surface area contributed by atoms with Crippen molar-refractivity contribution in [3.05, 3.63) is 63.1 Å². The Morgan fingerprint density at radius 2 is 2.10 bits per heavy atom. The monoisotopic (exact) mass is 330 g/mol. The summed E-state index contributed by atoms with van der Waals surface area (Å²) in [7, 11) is 0. The van der Waals surface area contributed by atoms with Crippen molar-refractivity contribution in [3.8, 4) is 0 Å². The lowest BCUT2D eigenvalue weighted by Crippen LogP contribution is -2.13. The van der Waals surface area contributed by atoms with E-state index in [-0.39, 0.29) is 11.9 Å². The summed E-state index contributed by atoms with van der Waals surface area (Å²) in [5, 5.41) is 2.84. The molecule has 0 aromatic heterocycles. The van der Waals surface area contributed by atoms with Crippen LogP contribution in [0.5, 0.6) is 0 Å². The molecule has 2 aromatic rings. The van der Waals surface area contributed by atoms with Gasteiger partial charge in [0.25, 0.3) is 0 Å². The molecule has 1 aliphatic heterocycles. The Labute approximate surface area is 126 Å². The summed E-state index contributed by atoms with van der Waals surface area (Å²) in [5.74, 6) is 0.0457. The molecule has 20 heavy (non-hydrogen) atoms. The summed E-state index contributed by atoms with van der Waals surface area (Å²) in [6.07, 6.45) is 0.438. The number of hydrogen-bond acceptors (Lipinski definition) is 2. The molecule has 1 aliphatic rings. The van der Waals surface area contributed by atoms with Crippen molar-refractivity contribution in [1.82, 2.24) is 0 Å². The predicted molar refractivity (Wildman–Crippen MR) is 83.7 cm³/mol. The number of hydrogen-bond donors (Lipinski definition) is 2. The topological polar surface area (TPSA) is 55.1 Å². The van der Waals surface area contributed by atoms with Crippen LogP contribution in [0.15, 0.2) is 40.9 Å². The van der Waals surface area contributed by atoms with Crippen molar-refractivity contribution in [2.75, 3.05) is 5.32 Å². The molecule has 0 spiro atoms. The Morgan fingerprint density at radius 3 is 2.90 bits per heavy atom. The fourth-order valence-electron chi connectivity index (χ4n) is 2.58. The van der Waals surface area contributed by atoms with Crippen LogP contribution in [0.2, 0.25) is 0 Å². The zero-order valence-electron chi connectivity index (χ0n) is 11.1. The summed E-state index contributed by atoms with van der Waals surface area (Å²) < 4.78 is 1.06. The first-order valence-electron chi connectivity index (χ1n) is 6.49. The lowest BCUT2D eigenvalue weighted by Gasteiger charge is -2.17. The number of rotatable bonds is 2. The Kier molecular flexibility index (Phi) is 3.36. The van der Waals surface area contributed by atoms with Crippen molar-refractivity contribution in [2.45, 2.75) is 19.4 Å². The second-order valence-electron chi connectivity index (χ2n) is 5.07. The number of fused-ring (bicyclic) bond motifs is 1. The summed E-state index contributed by atoms with van der Waals surface area (Å²) in [6, 6.07) is 11.8. The smallest absolute Gasteiger partial charge is 0.228 e. The molecule has 0 aliphatic carbocycles. The van der Waals surface area contributed by atoms with Crippen molar-refractivity contribution in [2.24, 2.45) is 5.73 Å². The van der Waals surface area contributed by atoms with Crippen LogP contribution in [-0.4, -0.2) is 5.91 Å². The molecule has 3 N–H and O–H groups in total. The van der Waals surface area contributed by atoms with Crippen LogP contribution in [-0.2, 0) is 11.2 Å². The van der Waals surface area contributed by atoms with Crippen LogP contribution < -0.4 is 11.1 Å². The van der Waals surface area contributed by atoms with E-state index in [4.69, 9.17) is 5.73 Å². The lowest BCUT2D eigenvalue weighted by atomic mass is 9.94. The molecule has 4 heteroatoms. The SMILES string of the molecule is Cc1c(Br)cccc1C(N)c1ccc2c(c1)CC(=O)N2. The van der Waals surface area contributed by atoms with E-state index in [9.17, 15) is 4.79 Å². The molecule has 0 fully saturated rings. The molecule has 0 saturated heterocycles. The zero-order valence-corrected chi connectivity index (χ0v) is 12.7. The molecule has 1 heterocycles. The number of carbonyl (C=O) groups excluding carboxylic acids is 1. The summed E-state index contributed by atoms with van der Waals surface area (Å²) in [6.45, 7) is 2.05. The quantitative estimate of drug-likeness (QED) is 0.887. The maximum atomic E-state index is 11.4. The largest absolute Gasteiger partial charge is 0.326 e. The van der Waals surface area contributed by atoms with Crippen molar-refractivity contribution >= 4 is 27.5 Å². The van der Waals surface area contributed by atoms with Crippen molar-refractivity contribution in [1.29, 1.82) is 0 Å². The summed E-state index contributed by atoms with van der Waals surface area (Å²) >= 11 is 3.53. The second kappa shape index (κ2) is 5.04. The number of amides is 1. The fraction of sp³-hybridized carbons (Fsp3) is 0.188. The van der Waals surface area contributed by atoms with Gasteiger partial charge in [-0.25, -0.2) is 0 Å². The van der Waals surface area contributed by atoms with Gasteiger partial charge in [-0.3, -0.25) is 4.79 Å². The van der Waals surface area contributed by atoms with E-state index in [2.05, 4.69) is 28.2 Å². The maximum Gasteiger partial charge on any atom is 0.228 e. The van der Waals surface area contributed by atoms with Gasteiger partial charge in [0, 0.05) is 10.2 Å². The highest BCUT2D eigenvalue weighted by molar-refractivity contribution is 9.10. The molecule has 1 unspecified atom stereocenters. The molecule has 1 atom stereocenters. The minimum atomic E-state index is -0.187. The second-order valence-corrected chi connectivity index (χ2v) is 5.93. The Hall–Kier alpha value is -1.65. The molecule has 2 aromatic carbocycles. The first-order valence-corrected chi connectivity index (χ1v) is 7.29. The fourth-order valence-corrected chi connectivity index (χ4v) is 2.96. The van der Waals surface area contributed by atoms with Crippen LogP contribution in [0, 0.1) is 6.92 Å². The highest BCUT2D eigenvalue weighted by Gasteiger charge is 2.20. The maximum absolute atomic E-state index is 11.4. The first-order chi connectivity index (χ1) is 9.56. The molecular weight excluding hydrogens is 316 g/mol. The van der Waals surface area contributed by atoms with E-state index in [1.54, 1.807) is 0 Å². The number of carbonyl (C=O) groups is 1. The van der Waals surface area contributed by atoms with Gasteiger partial charge in [0.15, 0.2) is 0 Å². The van der Waals surface area contributed by atoms with Gasteiger partial charge in [-0.15, -0.1) is 0 Å². The van der Waals surface area contributed by atoms with E-state index in [1.807, 2.05) is 36.4 Å². The Morgan fingerprint density at radius 1 is 1.30 bits per heavy atom. The molecule has 0 saturated carbocycles. The molecule has 0 radical (unpaired) electrons. The van der Waals surface area contributed by atoms with E-state index in [1.165, 1.54) is 0 Å². The predicted octanol–water partition coefficient (Wildman–Crippen LogP) is 3.30. The number of benzene rings is 2. The molecule has 3 nitrogen and oxygen atoms in total. The van der Waals surface area contributed by atoms with Gasteiger partial charge in [0.2, 0.25) is 5.91 Å². The highest BCUT2D eigenvalue weighted by atomic mass is 79.9. The van der Waals surface area contributed by atoms with Crippen molar-refractivity contribution in [3.63, 3.8) is 0 Å². The zero-order chi connectivity index (χ0) is 14.3. The molecule has 0 bridgehead atoms. The minimum absolute atomic E-state index is 0.0457. The van der Waals surface area contributed by atoms with Gasteiger partial charge in [-0.1, -0.05) is 40.2 Å². The normalized spacial score (nSPS) is 14.8. The number of nitrogens with one attached hydrogen (secondary N) is 1. The molecule has 102 valence electrons. The first kappa shape index (κ1) is 13.3. The number of halogens is 1. The van der Waals surface area contributed by atoms with Gasteiger partial charge < -0.3 is 11.1 Å². The third kappa shape index (κ3) is 2.25. The Balaban J connectivity index is 1.99. The van der Waals surface area contributed by atoms with Crippen LogP contribution in [0.25, 0.3) is 0 Å². The van der Waals surface area contributed by atoms with Crippen LogP contribution in [0.3, 0.4) is 0 Å².